The fourth-order valence-electron chi connectivity index (χ4n) is 2.90. The Morgan fingerprint density at radius 3 is 2.71 bits per heavy atom. The summed E-state index contributed by atoms with van der Waals surface area (Å²) in [4.78, 5) is 20.3. The van der Waals surface area contributed by atoms with Gasteiger partial charge in [-0.25, -0.2) is 4.79 Å². The number of nitrogens with zero attached hydrogens (tertiary/aromatic N) is 3. The van der Waals surface area contributed by atoms with Gasteiger partial charge in [0.2, 0.25) is 0 Å². The Morgan fingerprint density at radius 2 is 2.08 bits per heavy atom. The number of nitrogens with one attached hydrogen (secondary N) is 1. The van der Waals surface area contributed by atoms with Crippen LogP contribution in [0, 0.1) is 0 Å². The Labute approximate surface area is 144 Å². The highest BCUT2D eigenvalue weighted by Crippen LogP contribution is 2.12. The van der Waals surface area contributed by atoms with Crippen molar-refractivity contribution in [3.63, 3.8) is 0 Å². The number of likely N-dealkylation sites (tertiary alicyclic amines) is 1. The molecule has 2 N–H and O–H groups in total. The van der Waals surface area contributed by atoms with Gasteiger partial charge < -0.3 is 20.2 Å². The Balaban J connectivity index is 1.64. The summed E-state index contributed by atoms with van der Waals surface area (Å²) >= 11 is 0. The molecule has 1 unspecified atom stereocenters. The van der Waals surface area contributed by atoms with Crippen molar-refractivity contribution < 1.29 is 9.90 Å². The molecule has 1 fully saturated rings. The number of piperidine rings is 1. The minimum absolute atomic E-state index is 0.0362. The van der Waals surface area contributed by atoms with Crippen molar-refractivity contribution in [1.29, 1.82) is 0 Å². The topological polar surface area (TPSA) is 68.7 Å². The van der Waals surface area contributed by atoms with Crippen LogP contribution in [0.3, 0.4) is 0 Å². The summed E-state index contributed by atoms with van der Waals surface area (Å²) in [7, 11) is 1.78. The molecule has 1 aromatic heterocycles. The zero-order valence-electron chi connectivity index (χ0n) is 14.8. The van der Waals surface area contributed by atoms with Crippen LogP contribution in [-0.2, 0) is 6.42 Å². The van der Waals surface area contributed by atoms with E-state index in [0.717, 1.165) is 38.9 Å². The molecule has 0 radical (unpaired) electrons. The van der Waals surface area contributed by atoms with Crippen LogP contribution in [0.5, 0.6) is 0 Å². The largest absolute Gasteiger partial charge is 0.393 e. The smallest absolute Gasteiger partial charge is 0.317 e. The molecule has 0 spiro atoms. The molecular formula is C18H30N4O2. The molecule has 6 nitrogen and oxygen atoms in total. The number of carbonyl (C=O) groups excluding carboxylic acids is 1. The van der Waals surface area contributed by atoms with E-state index in [2.05, 4.69) is 27.3 Å². The van der Waals surface area contributed by atoms with Crippen molar-refractivity contribution in [3.05, 3.63) is 30.1 Å². The molecule has 2 rings (SSSR count). The van der Waals surface area contributed by atoms with E-state index in [1.165, 1.54) is 5.56 Å². The normalized spacial score (nSPS) is 17.5. The van der Waals surface area contributed by atoms with Gasteiger partial charge in [-0.1, -0.05) is 0 Å². The maximum absolute atomic E-state index is 12.1. The number of aromatic nitrogens is 1. The number of carbonyl (C=O) groups is 1. The standard InChI is InChI=1S/C18H30N4O2/c1-15(23)5-11-21(2)18(24)20-17-7-13-22(14-8-17)12-6-16-3-9-19-10-4-16/h3-4,9-10,15,17,23H,5-8,11-14H2,1-2H3,(H,20,24). The minimum Gasteiger partial charge on any atom is -0.393 e. The van der Waals surface area contributed by atoms with Gasteiger partial charge in [0.15, 0.2) is 0 Å². The van der Waals surface area contributed by atoms with E-state index in [-0.39, 0.29) is 18.2 Å². The van der Waals surface area contributed by atoms with Crippen molar-refractivity contribution in [1.82, 2.24) is 20.1 Å². The zero-order chi connectivity index (χ0) is 17.4. The Morgan fingerprint density at radius 1 is 1.42 bits per heavy atom. The molecule has 0 aromatic carbocycles. The van der Waals surface area contributed by atoms with Crippen LogP contribution in [0.1, 0.15) is 31.7 Å². The van der Waals surface area contributed by atoms with Crippen LogP contribution in [0.2, 0.25) is 0 Å². The van der Waals surface area contributed by atoms with Gasteiger partial charge in [-0.2, -0.15) is 0 Å². The maximum Gasteiger partial charge on any atom is 0.317 e. The predicted molar refractivity (Wildman–Crippen MR) is 94.9 cm³/mol. The molecule has 2 amide bonds. The molecule has 134 valence electrons. The molecule has 1 aromatic rings. The van der Waals surface area contributed by atoms with E-state index in [0.29, 0.717) is 13.0 Å². The highest BCUT2D eigenvalue weighted by Gasteiger charge is 2.21. The number of hydrogen-bond acceptors (Lipinski definition) is 4. The molecular weight excluding hydrogens is 304 g/mol. The maximum atomic E-state index is 12.1. The highest BCUT2D eigenvalue weighted by molar-refractivity contribution is 5.74. The van der Waals surface area contributed by atoms with Crippen LogP contribution in [0.25, 0.3) is 0 Å². The van der Waals surface area contributed by atoms with Gasteiger partial charge in [-0.15, -0.1) is 0 Å². The van der Waals surface area contributed by atoms with E-state index in [1.807, 2.05) is 12.4 Å². The van der Waals surface area contributed by atoms with E-state index < -0.39 is 0 Å². The summed E-state index contributed by atoms with van der Waals surface area (Å²) in [6.07, 6.45) is 6.94. The summed E-state index contributed by atoms with van der Waals surface area (Å²) in [6, 6.07) is 4.35. The molecule has 0 bridgehead atoms. The lowest BCUT2D eigenvalue weighted by Gasteiger charge is -2.33. The van der Waals surface area contributed by atoms with Crippen LogP contribution >= 0.6 is 0 Å². The molecule has 1 saturated heterocycles. The van der Waals surface area contributed by atoms with Crippen molar-refractivity contribution >= 4 is 6.03 Å². The number of rotatable bonds is 7. The first-order valence-corrected chi connectivity index (χ1v) is 8.85. The first-order chi connectivity index (χ1) is 11.5. The van der Waals surface area contributed by atoms with E-state index >= 15 is 0 Å². The molecule has 0 aliphatic carbocycles. The Bertz CT molecular complexity index is 487. The zero-order valence-corrected chi connectivity index (χ0v) is 14.8. The second-order valence-corrected chi connectivity index (χ2v) is 6.73. The van der Waals surface area contributed by atoms with Crippen LogP contribution in [0.4, 0.5) is 4.79 Å². The van der Waals surface area contributed by atoms with Gasteiger partial charge in [0.05, 0.1) is 6.10 Å². The van der Waals surface area contributed by atoms with Crippen LogP contribution < -0.4 is 5.32 Å². The van der Waals surface area contributed by atoms with Crippen molar-refractivity contribution in [2.45, 2.75) is 44.8 Å². The quantitative estimate of drug-likeness (QED) is 0.793. The van der Waals surface area contributed by atoms with Crippen molar-refractivity contribution in [2.24, 2.45) is 0 Å². The van der Waals surface area contributed by atoms with Gasteiger partial charge in [-0.05, 0) is 50.3 Å². The fraction of sp³-hybridized carbons (Fsp3) is 0.667. The SMILES string of the molecule is CC(O)CCN(C)C(=O)NC1CCN(CCc2ccncc2)CC1. The van der Waals surface area contributed by atoms with Gasteiger partial charge in [0, 0.05) is 51.7 Å². The summed E-state index contributed by atoms with van der Waals surface area (Å²) in [5.74, 6) is 0. The van der Waals surface area contributed by atoms with Crippen LogP contribution in [-0.4, -0.2) is 71.3 Å². The van der Waals surface area contributed by atoms with Gasteiger partial charge in [0.1, 0.15) is 0 Å². The summed E-state index contributed by atoms with van der Waals surface area (Å²) in [5.41, 5.74) is 1.32. The predicted octanol–water partition coefficient (Wildman–Crippen LogP) is 1.50. The van der Waals surface area contributed by atoms with Crippen molar-refractivity contribution in [2.75, 3.05) is 33.2 Å². The molecule has 1 atom stereocenters. The molecule has 1 aliphatic rings. The number of urea groups is 1. The van der Waals surface area contributed by atoms with E-state index in [4.69, 9.17) is 0 Å². The summed E-state index contributed by atoms with van der Waals surface area (Å²) in [5, 5.41) is 12.4. The lowest BCUT2D eigenvalue weighted by molar-refractivity contribution is 0.157. The third-order valence-electron chi connectivity index (χ3n) is 4.61. The highest BCUT2D eigenvalue weighted by atomic mass is 16.3. The van der Waals surface area contributed by atoms with Gasteiger partial charge in [0.25, 0.3) is 0 Å². The van der Waals surface area contributed by atoms with Gasteiger partial charge in [-0.3, -0.25) is 4.98 Å². The third kappa shape index (κ3) is 6.45. The molecule has 2 heterocycles. The summed E-state index contributed by atoms with van der Waals surface area (Å²) in [6.45, 7) is 5.42. The lowest BCUT2D eigenvalue weighted by Crippen LogP contribution is -2.48. The Hall–Kier alpha value is -1.66. The monoisotopic (exact) mass is 334 g/mol. The average molecular weight is 334 g/mol. The van der Waals surface area contributed by atoms with E-state index in [1.54, 1.807) is 18.9 Å². The molecule has 1 aliphatic heterocycles. The lowest BCUT2D eigenvalue weighted by atomic mass is 10.0. The number of amides is 2. The average Bonchev–Trinajstić information content (AvgIpc) is 2.60. The van der Waals surface area contributed by atoms with Gasteiger partial charge >= 0.3 is 6.03 Å². The van der Waals surface area contributed by atoms with Crippen LogP contribution in [0.15, 0.2) is 24.5 Å². The fourth-order valence-corrected chi connectivity index (χ4v) is 2.90. The number of aliphatic hydroxyl groups is 1. The second kappa shape index (κ2) is 9.59. The molecule has 24 heavy (non-hydrogen) atoms. The number of pyridine rings is 1. The number of hydrogen-bond donors (Lipinski definition) is 2. The summed E-state index contributed by atoms with van der Waals surface area (Å²) < 4.78 is 0. The van der Waals surface area contributed by atoms with Crippen molar-refractivity contribution in [3.8, 4) is 0 Å². The second-order valence-electron chi connectivity index (χ2n) is 6.73. The molecule has 0 saturated carbocycles. The minimum atomic E-state index is -0.371. The Kier molecular flexibility index (Phi) is 7.46. The third-order valence-corrected chi connectivity index (χ3v) is 4.61. The van der Waals surface area contributed by atoms with E-state index in [9.17, 15) is 9.90 Å². The first-order valence-electron chi connectivity index (χ1n) is 8.85. The molecule has 6 heteroatoms. The first kappa shape index (κ1) is 18.7. The number of aliphatic hydroxyl groups excluding tert-OH is 1.